The number of para-hydroxylation sites is 1. The number of fused-ring (bicyclic) bond motifs is 1. The molecule has 0 saturated heterocycles. The van der Waals surface area contributed by atoms with E-state index in [2.05, 4.69) is 35.7 Å². The van der Waals surface area contributed by atoms with Crippen LogP contribution in [-0.4, -0.2) is 0 Å². The van der Waals surface area contributed by atoms with E-state index in [-0.39, 0.29) is 11.8 Å². The summed E-state index contributed by atoms with van der Waals surface area (Å²) in [5.41, 5.74) is 4.11. The van der Waals surface area contributed by atoms with Gasteiger partial charge in [0.1, 0.15) is 5.75 Å². The molecule has 0 aliphatic heterocycles. The molecule has 0 spiro atoms. The summed E-state index contributed by atoms with van der Waals surface area (Å²) < 4.78 is 34.9. The minimum Gasteiger partial charge on any atom is -0.451 e. The zero-order chi connectivity index (χ0) is 20.2. The first-order valence-electron chi connectivity index (χ1n) is 9.88. The Bertz CT molecular complexity index is 1030. The van der Waals surface area contributed by atoms with E-state index in [1.807, 2.05) is 13.0 Å². The van der Waals surface area contributed by atoms with E-state index in [1.54, 1.807) is 24.3 Å². The molecule has 0 fully saturated rings. The first-order valence-corrected chi connectivity index (χ1v) is 9.88. The molecule has 3 aromatic rings. The molecule has 3 aromatic carbocycles. The van der Waals surface area contributed by atoms with Crippen LogP contribution in [0.25, 0.3) is 6.08 Å². The lowest BCUT2D eigenvalue weighted by atomic mass is 10.0. The molecule has 0 bridgehead atoms. The van der Waals surface area contributed by atoms with Crippen molar-refractivity contribution < 1.29 is 13.5 Å². The van der Waals surface area contributed by atoms with Gasteiger partial charge in [-0.25, -0.2) is 8.78 Å². The van der Waals surface area contributed by atoms with Crippen LogP contribution >= 0.6 is 0 Å². The van der Waals surface area contributed by atoms with Gasteiger partial charge in [0.05, 0.1) is 0 Å². The predicted octanol–water partition coefficient (Wildman–Crippen LogP) is 6.57. The van der Waals surface area contributed by atoms with Crippen molar-refractivity contribution >= 4 is 6.08 Å². The number of hydrogen-bond donors (Lipinski definition) is 1. The third kappa shape index (κ3) is 4.22. The third-order valence-corrected chi connectivity index (χ3v) is 5.22. The minimum absolute atomic E-state index is 0.252. The van der Waals surface area contributed by atoms with Crippen LogP contribution in [0.2, 0.25) is 0 Å². The van der Waals surface area contributed by atoms with Gasteiger partial charge in [0.2, 0.25) is 0 Å². The Labute approximate surface area is 169 Å². The molecular formula is C25H23F2NO. The van der Waals surface area contributed by atoms with Crippen molar-refractivity contribution in [1.82, 2.24) is 5.32 Å². The molecular weight excluding hydrogens is 368 g/mol. The quantitative estimate of drug-likeness (QED) is 0.492. The Kier molecular flexibility index (Phi) is 5.72. The second kappa shape index (κ2) is 8.58. The third-order valence-electron chi connectivity index (χ3n) is 5.22. The van der Waals surface area contributed by atoms with E-state index < -0.39 is 11.6 Å². The number of ether oxygens (including phenoxy) is 1. The summed E-state index contributed by atoms with van der Waals surface area (Å²) in [5, 5.41) is 3.40. The summed E-state index contributed by atoms with van der Waals surface area (Å²) in [6.07, 6.45) is 5.92. The van der Waals surface area contributed by atoms with Gasteiger partial charge in [-0.05, 0) is 47.7 Å². The van der Waals surface area contributed by atoms with Gasteiger partial charge in [0.25, 0.3) is 0 Å². The molecule has 1 aliphatic rings. The second-order valence-electron chi connectivity index (χ2n) is 7.18. The van der Waals surface area contributed by atoms with Crippen LogP contribution in [-0.2, 0) is 13.0 Å². The van der Waals surface area contributed by atoms with Crippen LogP contribution in [0.4, 0.5) is 8.78 Å². The molecule has 1 unspecified atom stereocenters. The molecule has 2 nitrogen and oxygen atoms in total. The summed E-state index contributed by atoms with van der Waals surface area (Å²) in [4.78, 5) is 0. The van der Waals surface area contributed by atoms with E-state index in [0.717, 1.165) is 12.0 Å². The monoisotopic (exact) mass is 391 g/mol. The molecule has 0 radical (unpaired) electrons. The summed E-state index contributed by atoms with van der Waals surface area (Å²) >= 11 is 0. The highest BCUT2D eigenvalue weighted by molar-refractivity contribution is 5.60. The fourth-order valence-corrected chi connectivity index (χ4v) is 3.64. The first-order chi connectivity index (χ1) is 14.2. The molecule has 0 amide bonds. The number of halogens is 2. The molecule has 0 saturated carbocycles. The van der Waals surface area contributed by atoms with Gasteiger partial charge in [0.15, 0.2) is 17.4 Å². The van der Waals surface area contributed by atoms with Gasteiger partial charge in [-0.15, -0.1) is 0 Å². The van der Waals surface area contributed by atoms with Crippen molar-refractivity contribution in [3.63, 3.8) is 0 Å². The Morgan fingerprint density at radius 3 is 2.66 bits per heavy atom. The lowest BCUT2D eigenvalue weighted by molar-refractivity contribution is 0.395. The highest BCUT2D eigenvalue weighted by Crippen LogP contribution is 2.33. The van der Waals surface area contributed by atoms with Crippen LogP contribution in [0.1, 0.15) is 41.6 Å². The van der Waals surface area contributed by atoms with Crippen molar-refractivity contribution in [3.8, 4) is 11.5 Å². The standard InChI is InChI=1S/C25H23F2NO/c1-2-23(28-16-17-11-12-18-7-6-8-19(18)15-17)21-13-14-22(26)25(24(21)27)29-20-9-4-3-5-10-20/h3-6,8-15,23,28H,2,7,16H2,1H3. The second-order valence-corrected chi connectivity index (χ2v) is 7.18. The van der Waals surface area contributed by atoms with Crippen molar-refractivity contribution in [2.45, 2.75) is 32.4 Å². The van der Waals surface area contributed by atoms with E-state index in [9.17, 15) is 4.39 Å². The maximum atomic E-state index is 15.1. The maximum Gasteiger partial charge on any atom is 0.198 e. The number of benzene rings is 3. The Morgan fingerprint density at radius 2 is 1.86 bits per heavy atom. The molecule has 4 heteroatoms. The summed E-state index contributed by atoms with van der Waals surface area (Å²) in [5.74, 6) is -1.34. The van der Waals surface area contributed by atoms with E-state index >= 15 is 4.39 Å². The molecule has 1 atom stereocenters. The van der Waals surface area contributed by atoms with Gasteiger partial charge >= 0.3 is 0 Å². The first kappa shape index (κ1) is 19.3. The minimum atomic E-state index is -0.713. The fraction of sp³-hybridized carbons (Fsp3) is 0.200. The molecule has 29 heavy (non-hydrogen) atoms. The average Bonchev–Trinajstić information content (AvgIpc) is 3.21. The normalized spacial score (nSPS) is 13.3. The van der Waals surface area contributed by atoms with Gasteiger partial charge in [-0.2, -0.15) is 0 Å². The molecule has 148 valence electrons. The summed E-state index contributed by atoms with van der Waals surface area (Å²) in [6, 6.07) is 17.6. The van der Waals surface area contributed by atoms with Crippen molar-refractivity contribution in [1.29, 1.82) is 0 Å². The van der Waals surface area contributed by atoms with E-state index in [4.69, 9.17) is 4.74 Å². The average molecular weight is 391 g/mol. The van der Waals surface area contributed by atoms with Crippen molar-refractivity contribution in [2.24, 2.45) is 0 Å². The zero-order valence-corrected chi connectivity index (χ0v) is 16.3. The van der Waals surface area contributed by atoms with Gasteiger partial charge in [-0.1, -0.05) is 61.5 Å². The van der Waals surface area contributed by atoms with Crippen LogP contribution in [0, 0.1) is 11.6 Å². The highest BCUT2D eigenvalue weighted by Gasteiger charge is 2.21. The maximum absolute atomic E-state index is 15.1. The number of allylic oxidation sites excluding steroid dienone is 1. The van der Waals surface area contributed by atoms with Gasteiger partial charge < -0.3 is 10.1 Å². The molecule has 0 aromatic heterocycles. The summed E-state index contributed by atoms with van der Waals surface area (Å²) in [7, 11) is 0. The summed E-state index contributed by atoms with van der Waals surface area (Å²) in [6.45, 7) is 2.58. The van der Waals surface area contributed by atoms with Crippen LogP contribution in [0.15, 0.2) is 66.7 Å². The predicted molar refractivity (Wildman–Crippen MR) is 112 cm³/mol. The smallest absolute Gasteiger partial charge is 0.198 e. The topological polar surface area (TPSA) is 21.3 Å². The lowest BCUT2D eigenvalue weighted by Gasteiger charge is -2.20. The molecule has 1 N–H and O–H groups in total. The van der Waals surface area contributed by atoms with E-state index in [0.29, 0.717) is 24.3 Å². The Morgan fingerprint density at radius 1 is 1.03 bits per heavy atom. The van der Waals surface area contributed by atoms with Gasteiger partial charge in [-0.3, -0.25) is 0 Å². The lowest BCUT2D eigenvalue weighted by Crippen LogP contribution is -2.21. The van der Waals surface area contributed by atoms with Crippen LogP contribution in [0.5, 0.6) is 11.5 Å². The highest BCUT2D eigenvalue weighted by atomic mass is 19.1. The van der Waals surface area contributed by atoms with Gasteiger partial charge in [0, 0.05) is 18.2 Å². The largest absolute Gasteiger partial charge is 0.451 e. The molecule has 0 heterocycles. The number of nitrogens with one attached hydrogen (secondary N) is 1. The molecule has 4 rings (SSSR count). The van der Waals surface area contributed by atoms with Crippen molar-refractivity contribution in [2.75, 3.05) is 0 Å². The molecule has 1 aliphatic carbocycles. The number of hydrogen-bond acceptors (Lipinski definition) is 2. The Hall–Kier alpha value is -2.98. The fourth-order valence-electron chi connectivity index (χ4n) is 3.64. The van der Waals surface area contributed by atoms with Crippen molar-refractivity contribution in [3.05, 3.63) is 101 Å². The van der Waals surface area contributed by atoms with Crippen LogP contribution in [0.3, 0.4) is 0 Å². The Balaban J connectivity index is 1.54. The van der Waals surface area contributed by atoms with Crippen LogP contribution < -0.4 is 10.1 Å². The zero-order valence-electron chi connectivity index (χ0n) is 16.3. The SMILES string of the molecule is CCC(NCc1ccc2c(c1)C=CC2)c1ccc(F)c(Oc2ccccc2)c1F. The number of rotatable bonds is 7. The van der Waals surface area contributed by atoms with E-state index in [1.165, 1.54) is 23.3 Å².